The minimum atomic E-state index is -1.31. The van der Waals surface area contributed by atoms with Crippen molar-refractivity contribution in [2.24, 2.45) is 11.5 Å². The Hall–Kier alpha value is -3.57. The van der Waals surface area contributed by atoms with Crippen LogP contribution >= 0.6 is 0 Å². The summed E-state index contributed by atoms with van der Waals surface area (Å²) in [6.45, 7) is 0. The van der Waals surface area contributed by atoms with Crippen LogP contribution in [0.1, 0.15) is 23.2 Å². The zero-order chi connectivity index (χ0) is 18.4. The van der Waals surface area contributed by atoms with Gasteiger partial charge in [0.05, 0.1) is 10.5 Å². The Morgan fingerprint density at radius 3 is 2.46 bits per heavy atom. The van der Waals surface area contributed by atoms with Gasteiger partial charge in [-0.2, -0.15) is 0 Å². The summed E-state index contributed by atoms with van der Waals surface area (Å²) in [4.78, 5) is 58.1. The first-order valence-corrected chi connectivity index (χ1v) is 6.39. The molecule has 0 aliphatic heterocycles. The molecule has 1 heterocycles. The Balaban J connectivity index is 2.88. The van der Waals surface area contributed by atoms with E-state index in [4.69, 9.17) is 11.5 Å². The van der Waals surface area contributed by atoms with Gasteiger partial charge in [0.15, 0.2) is 0 Å². The summed E-state index contributed by atoms with van der Waals surface area (Å²) in [5, 5.41) is 22.1. The van der Waals surface area contributed by atoms with Crippen molar-refractivity contribution in [2.75, 3.05) is 0 Å². The number of carbonyl (C=O) groups excluding carboxylic acids is 4. The SMILES string of the molecule is NC(=O)C(=O)CCC(NC(=O)c1cnc(O)c([N+](=O)[O-])c1)C(N)=O. The maximum Gasteiger partial charge on any atom is 0.331 e. The third-order valence-corrected chi connectivity index (χ3v) is 2.89. The highest BCUT2D eigenvalue weighted by molar-refractivity contribution is 6.35. The lowest BCUT2D eigenvalue weighted by Crippen LogP contribution is -2.45. The van der Waals surface area contributed by atoms with E-state index in [-0.39, 0.29) is 12.0 Å². The summed E-state index contributed by atoms with van der Waals surface area (Å²) in [5.74, 6) is -4.95. The van der Waals surface area contributed by atoms with Gasteiger partial charge in [-0.15, -0.1) is 0 Å². The molecule has 0 fully saturated rings. The number of pyridine rings is 1. The zero-order valence-corrected chi connectivity index (χ0v) is 12.1. The highest BCUT2D eigenvalue weighted by atomic mass is 16.6. The average Bonchev–Trinajstić information content (AvgIpc) is 2.50. The van der Waals surface area contributed by atoms with Crippen molar-refractivity contribution in [3.8, 4) is 5.88 Å². The second kappa shape index (κ2) is 7.62. The van der Waals surface area contributed by atoms with Crippen molar-refractivity contribution in [3.63, 3.8) is 0 Å². The standard InChI is InChI=1S/C12H13N5O7/c13-9(19)6(1-2-8(18)10(14)20)16-11(21)5-3-7(17(23)24)12(22)15-4-5/h3-4,6H,1-2H2,(H2,13,19)(H2,14,20)(H,15,22)(H,16,21). The van der Waals surface area contributed by atoms with Gasteiger partial charge in [0, 0.05) is 18.7 Å². The van der Waals surface area contributed by atoms with Crippen molar-refractivity contribution in [1.82, 2.24) is 10.3 Å². The predicted molar refractivity (Wildman–Crippen MR) is 76.4 cm³/mol. The van der Waals surface area contributed by atoms with Gasteiger partial charge >= 0.3 is 5.69 Å². The number of aromatic nitrogens is 1. The van der Waals surface area contributed by atoms with Crippen LogP contribution in [0.15, 0.2) is 12.3 Å². The number of rotatable bonds is 8. The molecule has 12 heteroatoms. The number of primary amides is 2. The Morgan fingerprint density at radius 1 is 1.33 bits per heavy atom. The first-order valence-electron chi connectivity index (χ1n) is 6.39. The molecule has 128 valence electrons. The Labute approximate surface area is 134 Å². The van der Waals surface area contributed by atoms with Crippen molar-refractivity contribution < 1.29 is 29.2 Å². The summed E-state index contributed by atoms with van der Waals surface area (Å²) in [7, 11) is 0. The molecule has 0 aromatic carbocycles. The van der Waals surface area contributed by atoms with Crippen LogP contribution in [-0.4, -0.2) is 44.6 Å². The van der Waals surface area contributed by atoms with Gasteiger partial charge in [0.2, 0.25) is 11.7 Å². The fraction of sp³-hybridized carbons (Fsp3) is 0.250. The summed E-state index contributed by atoms with van der Waals surface area (Å²) in [6.07, 6.45) is 0.151. The Kier molecular flexibility index (Phi) is 5.87. The van der Waals surface area contributed by atoms with E-state index in [1.807, 2.05) is 0 Å². The molecule has 0 spiro atoms. The molecule has 1 unspecified atom stereocenters. The van der Waals surface area contributed by atoms with E-state index < -0.39 is 52.5 Å². The minimum absolute atomic E-state index is 0.281. The average molecular weight is 339 g/mol. The summed E-state index contributed by atoms with van der Waals surface area (Å²) < 4.78 is 0. The number of aromatic hydroxyl groups is 1. The molecule has 1 atom stereocenters. The number of nitrogens with two attached hydrogens (primary N) is 2. The van der Waals surface area contributed by atoms with Crippen LogP contribution in [0.4, 0.5) is 5.69 Å². The van der Waals surface area contributed by atoms with Gasteiger partial charge in [0.1, 0.15) is 6.04 Å². The van der Waals surface area contributed by atoms with Crippen LogP contribution in [0.3, 0.4) is 0 Å². The molecule has 1 aromatic rings. The van der Waals surface area contributed by atoms with Gasteiger partial charge < -0.3 is 21.9 Å². The lowest BCUT2D eigenvalue weighted by Gasteiger charge is -2.14. The number of ketones is 1. The fourth-order valence-electron chi connectivity index (χ4n) is 1.63. The molecule has 1 rings (SSSR count). The molecule has 0 saturated carbocycles. The predicted octanol–water partition coefficient (Wildman–Crippen LogP) is -1.89. The normalized spacial score (nSPS) is 11.3. The Bertz CT molecular complexity index is 718. The first-order chi connectivity index (χ1) is 11.1. The highest BCUT2D eigenvalue weighted by Gasteiger charge is 2.24. The molecular formula is C12H13N5O7. The molecule has 1 aromatic heterocycles. The van der Waals surface area contributed by atoms with E-state index in [9.17, 15) is 34.4 Å². The first kappa shape index (κ1) is 18.5. The van der Waals surface area contributed by atoms with Gasteiger partial charge in [-0.05, 0) is 6.42 Å². The van der Waals surface area contributed by atoms with E-state index in [0.29, 0.717) is 0 Å². The van der Waals surface area contributed by atoms with E-state index in [0.717, 1.165) is 12.3 Å². The maximum absolute atomic E-state index is 12.0. The fourth-order valence-corrected chi connectivity index (χ4v) is 1.63. The van der Waals surface area contributed by atoms with Crippen LogP contribution in [-0.2, 0) is 14.4 Å². The van der Waals surface area contributed by atoms with Crippen molar-refractivity contribution in [3.05, 3.63) is 27.9 Å². The second-order valence-electron chi connectivity index (χ2n) is 4.58. The molecular weight excluding hydrogens is 326 g/mol. The molecule has 0 aliphatic rings. The molecule has 0 radical (unpaired) electrons. The monoisotopic (exact) mass is 339 g/mol. The van der Waals surface area contributed by atoms with Crippen molar-refractivity contribution in [1.29, 1.82) is 0 Å². The molecule has 24 heavy (non-hydrogen) atoms. The quantitative estimate of drug-likeness (QED) is 0.238. The third kappa shape index (κ3) is 4.72. The van der Waals surface area contributed by atoms with Crippen LogP contribution < -0.4 is 16.8 Å². The zero-order valence-electron chi connectivity index (χ0n) is 12.1. The third-order valence-electron chi connectivity index (χ3n) is 2.89. The van der Waals surface area contributed by atoms with Crippen LogP contribution in [0, 0.1) is 10.1 Å². The van der Waals surface area contributed by atoms with Gasteiger partial charge in [-0.3, -0.25) is 29.3 Å². The van der Waals surface area contributed by atoms with Crippen molar-refractivity contribution >= 4 is 29.2 Å². The number of hydrogen-bond acceptors (Lipinski definition) is 8. The van der Waals surface area contributed by atoms with Crippen LogP contribution in [0.25, 0.3) is 0 Å². The number of nitrogens with zero attached hydrogens (tertiary/aromatic N) is 2. The second-order valence-corrected chi connectivity index (χ2v) is 4.58. The molecule has 0 aliphatic carbocycles. The van der Waals surface area contributed by atoms with E-state index in [1.54, 1.807) is 0 Å². The topological polar surface area (TPSA) is 209 Å². The maximum atomic E-state index is 12.0. The lowest BCUT2D eigenvalue weighted by atomic mass is 10.1. The van der Waals surface area contributed by atoms with Crippen LogP contribution in [0.2, 0.25) is 0 Å². The smallest absolute Gasteiger partial charge is 0.331 e. The number of nitro groups is 1. The number of nitrogens with one attached hydrogen (secondary N) is 1. The molecule has 6 N–H and O–H groups in total. The number of amides is 3. The number of Topliss-reactive ketones (excluding diaryl/α,β-unsaturated/α-hetero) is 1. The van der Waals surface area contributed by atoms with Crippen molar-refractivity contribution in [2.45, 2.75) is 18.9 Å². The Morgan fingerprint density at radius 2 is 1.96 bits per heavy atom. The lowest BCUT2D eigenvalue weighted by molar-refractivity contribution is -0.386. The molecule has 0 saturated heterocycles. The summed E-state index contributed by atoms with van der Waals surface area (Å²) in [5.41, 5.74) is 8.73. The largest absolute Gasteiger partial charge is 0.488 e. The number of carbonyl (C=O) groups is 4. The summed E-state index contributed by atoms with van der Waals surface area (Å²) >= 11 is 0. The van der Waals surface area contributed by atoms with Gasteiger partial charge in [0.25, 0.3) is 17.7 Å². The highest BCUT2D eigenvalue weighted by Crippen LogP contribution is 2.23. The van der Waals surface area contributed by atoms with Crippen LogP contribution in [0.5, 0.6) is 5.88 Å². The minimum Gasteiger partial charge on any atom is -0.488 e. The molecule has 3 amide bonds. The van der Waals surface area contributed by atoms with E-state index in [2.05, 4.69) is 10.3 Å². The number of hydrogen-bond donors (Lipinski definition) is 4. The molecule has 12 nitrogen and oxygen atoms in total. The van der Waals surface area contributed by atoms with E-state index >= 15 is 0 Å². The van der Waals surface area contributed by atoms with Gasteiger partial charge in [-0.25, -0.2) is 4.98 Å². The van der Waals surface area contributed by atoms with Gasteiger partial charge in [-0.1, -0.05) is 0 Å². The van der Waals surface area contributed by atoms with E-state index in [1.165, 1.54) is 0 Å². The molecule has 0 bridgehead atoms. The summed E-state index contributed by atoms with van der Waals surface area (Å²) in [6, 6.07) is -0.557.